The van der Waals surface area contributed by atoms with E-state index in [9.17, 15) is 23.2 Å². The summed E-state index contributed by atoms with van der Waals surface area (Å²) in [5, 5.41) is 12.0. The zero-order valence-corrected chi connectivity index (χ0v) is 19.1. The van der Waals surface area contributed by atoms with Gasteiger partial charge in [-0.05, 0) is 72.5 Å². The van der Waals surface area contributed by atoms with Crippen LogP contribution >= 0.6 is 11.6 Å². The van der Waals surface area contributed by atoms with Gasteiger partial charge in [-0.1, -0.05) is 41.9 Å². The zero-order valence-electron chi connectivity index (χ0n) is 18.3. The summed E-state index contributed by atoms with van der Waals surface area (Å²) in [5.74, 6) is -0.406. The number of nitrogens with zero attached hydrogens (tertiary/aromatic N) is 1. The molecule has 8 heteroatoms. The number of ether oxygens (including phenoxy) is 1. The van der Waals surface area contributed by atoms with Crippen molar-refractivity contribution in [3.63, 3.8) is 0 Å². The highest BCUT2D eigenvalue weighted by Crippen LogP contribution is 2.31. The van der Waals surface area contributed by atoms with Crippen LogP contribution in [0.3, 0.4) is 0 Å². The highest BCUT2D eigenvalue weighted by molar-refractivity contribution is 6.32. The van der Waals surface area contributed by atoms with E-state index < -0.39 is 17.6 Å². The molecular weight excluding hydrogens is 465 g/mol. The van der Waals surface area contributed by atoms with Crippen LogP contribution in [0.1, 0.15) is 27.8 Å². The Morgan fingerprint density at radius 1 is 1.09 bits per heavy atom. The number of halogens is 4. The number of benzene rings is 3. The molecule has 3 aromatic rings. The summed E-state index contributed by atoms with van der Waals surface area (Å²) in [4.78, 5) is 12.4. The van der Waals surface area contributed by atoms with Crippen molar-refractivity contribution < 1.29 is 22.7 Å². The number of amides is 1. The second-order valence-corrected chi connectivity index (χ2v) is 8.01. The van der Waals surface area contributed by atoms with Crippen molar-refractivity contribution in [1.29, 1.82) is 5.26 Å². The molecule has 0 aliphatic rings. The zero-order chi connectivity index (χ0) is 24.9. The lowest BCUT2D eigenvalue weighted by Crippen LogP contribution is -2.14. The summed E-state index contributed by atoms with van der Waals surface area (Å²) < 4.78 is 44.4. The molecule has 1 amide bonds. The van der Waals surface area contributed by atoms with Crippen molar-refractivity contribution in [3.05, 3.63) is 99.1 Å². The number of hydrogen-bond donors (Lipinski definition) is 1. The van der Waals surface area contributed by atoms with Crippen molar-refractivity contribution in [1.82, 2.24) is 0 Å². The monoisotopic (exact) mass is 484 g/mol. The minimum Gasteiger partial charge on any atom is -0.487 e. The van der Waals surface area contributed by atoms with Crippen LogP contribution in [0.4, 0.5) is 18.9 Å². The van der Waals surface area contributed by atoms with Crippen LogP contribution in [0.5, 0.6) is 5.75 Å². The molecule has 1 N–H and O–H groups in total. The maximum Gasteiger partial charge on any atom is 0.416 e. The molecule has 174 valence electrons. The predicted octanol–water partition coefficient (Wildman–Crippen LogP) is 7.10. The Balaban J connectivity index is 1.72. The van der Waals surface area contributed by atoms with E-state index in [4.69, 9.17) is 16.3 Å². The first-order valence-electron chi connectivity index (χ1n) is 10.2. The third-order valence-corrected chi connectivity index (χ3v) is 5.34. The van der Waals surface area contributed by atoms with Crippen molar-refractivity contribution >= 4 is 29.3 Å². The van der Waals surface area contributed by atoms with Gasteiger partial charge in [0.25, 0.3) is 5.91 Å². The second-order valence-electron chi connectivity index (χ2n) is 7.60. The summed E-state index contributed by atoms with van der Waals surface area (Å²) in [7, 11) is 0. The molecular formula is C26H20ClF3N2O2. The minimum absolute atomic E-state index is 0.0749. The summed E-state index contributed by atoms with van der Waals surface area (Å²) in [6, 6.07) is 16.7. The largest absolute Gasteiger partial charge is 0.487 e. The van der Waals surface area contributed by atoms with Crippen LogP contribution in [-0.2, 0) is 17.6 Å². The minimum atomic E-state index is -4.55. The van der Waals surface area contributed by atoms with E-state index in [0.29, 0.717) is 17.9 Å². The normalized spacial score (nSPS) is 11.6. The standard InChI is InChI=1S/C26H20ClF3N2O2/c1-16-6-7-19(10-17(16)2)15-34-24-9-8-18(12-23(24)27)11-20(14-31)25(33)32-22-5-3-4-21(13-22)26(28,29)30/h3-13H,15H2,1-2H3,(H,32,33)/b20-11+. The topological polar surface area (TPSA) is 62.1 Å². The summed E-state index contributed by atoms with van der Waals surface area (Å²) in [6.45, 7) is 4.36. The summed E-state index contributed by atoms with van der Waals surface area (Å²) >= 11 is 6.30. The Labute approximate surface area is 200 Å². The third kappa shape index (κ3) is 6.40. The number of aryl methyl sites for hydroxylation is 2. The maximum absolute atomic E-state index is 12.9. The van der Waals surface area contributed by atoms with Crippen LogP contribution < -0.4 is 10.1 Å². The average Bonchev–Trinajstić information content (AvgIpc) is 2.78. The maximum atomic E-state index is 12.9. The lowest BCUT2D eigenvalue weighted by atomic mass is 10.1. The molecule has 0 spiro atoms. The SMILES string of the molecule is Cc1ccc(COc2ccc(/C=C(\C#N)C(=O)Nc3cccc(C(F)(F)F)c3)cc2Cl)cc1C. The summed E-state index contributed by atoms with van der Waals surface area (Å²) in [5.41, 5.74) is 2.51. The molecule has 0 unspecified atom stereocenters. The lowest BCUT2D eigenvalue weighted by Gasteiger charge is -2.11. The fourth-order valence-corrected chi connectivity index (χ4v) is 3.31. The molecule has 0 saturated carbocycles. The Hall–Kier alpha value is -3.76. The molecule has 0 atom stereocenters. The highest BCUT2D eigenvalue weighted by Gasteiger charge is 2.30. The van der Waals surface area contributed by atoms with E-state index in [1.165, 1.54) is 29.8 Å². The lowest BCUT2D eigenvalue weighted by molar-refractivity contribution is -0.137. The van der Waals surface area contributed by atoms with Gasteiger partial charge in [-0.2, -0.15) is 18.4 Å². The Bertz CT molecular complexity index is 1290. The fourth-order valence-electron chi connectivity index (χ4n) is 3.07. The predicted molar refractivity (Wildman–Crippen MR) is 125 cm³/mol. The van der Waals surface area contributed by atoms with Gasteiger partial charge in [0.2, 0.25) is 0 Å². The number of nitriles is 1. The molecule has 0 bridgehead atoms. The number of alkyl halides is 3. The van der Waals surface area contributed by atoms with E-state index in [-0.39, 0.29) is 16.3 Å². The number of hydrogen-bond acceptors (Lipinski definition) is 3. The number of nitrogens with one attached hydrogen (secondary N) is 1. The van der Waals surface area contributed by atoms with Gasteiger partial charge in [0, 0.05) is 5.69 Å². The van der Waals surface area contributed by atoms with Gasteiger partial charge in [-0.3, -0.25) is 4.79 Å². The highest BCUT2D eigenvalue weighted by atomic mass is 35.5. The first kappa shape index (κ1) is 24.9. The van der Waals surface area contributed by atoms with E-state index in [2.05, 4.69) is 5.32 Å². The van der Waals surface area contributed by atoms with E-state index in [0.717, 1.165) is 23.3 Å². The molecule has 0 saturated heterocycles. The fraction of sp³-hybridized carbons (Fsp3) is 0.154. The van der Waals surface area contributed by atoms with Crippen LogP contribution in [0, 0.1) is 25.2 Å². The number of carbonyl (C=O) groups is 1. The Morgan fingerprint density at radius 2 is 1.85 bits per heavy atom. The van der Waals surface area contributed by atoms with Crippen molar-refractivity contribution in [2.24, 2.45) is 0 Å². The van der Waals surface area contributed by atoms with E-state index in [1.807, 2.05) is 32.0 Å². The Morgan fingerprint density at radius 3 is 2.50 bits per heavy atom. The molecule has 0 fully saturated rings. The van der Waals surface area contributed by atoms with Gasteiger partial charge in [0.15, 0.2) is 0 Å². The Kier molecular flexibility index (Phi) is 7.64. The van der Waals surface area contributed by atoms with Gasteiger partial charge in [-0.25, -0.2) is 0 Å². The molecule has 0 aromatic heterocycles. The number of anilines is 1. The third-order valence-electron chi connectivity index (χ3n) is 5.05. The van der Waals surface area contributed by atoms with Crippen LogP contribution in [0.2, 0.25) is 5.02 Å². The molecule has 4 nitrogen and oxygen atoms in total. The molecule has 0 aliphatic carbocycles. The van der Waals surface area contributed by atoms with Crippen LogP contribution in [0.25, 0.3) is 6.08 Å². The van der Waals surface area contributed by atoms with Crippen LogP contribution in [-0.4, -0.2) is 5.91 Å². The van der Waals surface area contributed by atoms with Gasteiger partial charge >= 0.3 is 6.18 Å². The first-order valence-corrected chi connectivity index (χ1v) is 10.5. The van der Waals surface area contributed by atoms with Gasteiger partial charge < -0.3 is 10.1 Å². The average molecular weight is 485 g/mol. The van der Waals surface area contributed by atoms with Gasteiger partial charge in [0.1, 0.15) is 24.0 Å². The smallest absolute Gasteiger partial charge is 0.416 e. The molecule has 3 rings (SSSR count). The van der Waals surface area contributed by atoms with Crippen LogP contribution in [0.15, 0.2) is 66.2 Å². The quantitative estimate of drug-likeness (QED) is 0.300. The molecule has 0 aliphatic heterocycles. The number of carbonyl (C=O) groups excluding carboxylic acids is 1. The van der Waals surface area contributed by atoms with Crippen molar-refractivity contribution in [3.8, 4) is 11.8 Å². The summed E-state index contributed by atoms with van der Waals surface area (Å²) in [6.07, 6.45) is -3.25. The van der Waals surface area contributed by atoms with Gasteiger partial charge in [0.05, 0.1) is 10.6 Å². The number of rotatable bonds is 6. The van der Waals surface area contributed by atoms with Crippen molar-refractivity contribution in [2.75, 3.05) is 5.32 Å². The molecule has 3 aromatic carbocycles. The van der Waals surface area contributed by atoms with E-state index in [1.54, 1.807) is 18.2 Å². The first-order chi connectivity index (χ1) is 16.1. The van der Waals surface area contributed by atoms with E-state index >= 15 is 0 Å². The molecule has 34 heavy (non-hydrogen) atoms. The molecule has 0 radical (unpaired) electrons. The second kappa shape index (κ2) is 10.4. The van der Waals surface area contributed by atoms with Crippen molar-refractivity contribution in [2.45, 2.75) is 26.6 Å². The molecule has 0 heterocycles. The van der Waals surface area contributed by atoms with Gasteiger partial charge in [-0.15, -0.1) is 0 Å².